The Morgan fingerprint density at radius 2 is 2.08 bits per heavy atom. The van der Waals surface area contributed by atoms with Crippen molar-refractivity contribution in [2.45, 2.75) is 56.6 Å². The van der Waals surface area contributed by atoms with E-state index >= 15 is 0 Å². The summed E-state index contributed by atoms with van der Waals surface area (Å²) in [5, 5.41) is 10.9. The maximum atomic E-state index is 13.2. The standard InChI is InChI=1S/C24H28F3N7O2S/c1-15-10-22(2,3)33(13-15)20-17(21(35)32-37-16-11-28-29-12-16)4-5-18(30-20)34-9-6-19(31-34)36-14-23(7-8-23)24(25,26)27/h4-6,9,11-12,15H,7-8,10,13-14H2,1-3H3,(H,28,29)(H,32,35). The van der Waals surface area contributed by atoms with Gasteiger partial charge >= 0.3 is 6.18 Å². The van der Waals surface area contributed by atoms with Gasteiger partial charge in [-0.25, -0.2) is 9.67 Å². The quantitative estimate of drug-likeness (QED) is 0.401. The minimum atomic E-state index is -4.29. The van der Waals surface area contributed by atoms with E-state index in [1.54, 1.807) is 30.7 Å². The lowest BCUT2D eigenvalue weighted by Gasteiger charge is -2.34. The van der Waals surface area contributed by atoms with Crippen LogP contribution in [0.3, 0.4) is 0 Å². The van der Waals surface area contributed by atoms with Gasteiger partial charge in [-0.05, 0) is 63.1 Å². The summed E-state index contributed by atoms with van der Waals surface area (Å²) in [5.74, 6) is 1.14. The number of hydrogen-bond acceptors (Lipinski definition) is 7. The number of ether oxygens (including phenoxy) is 1. The van der Waals surface area contributed by atoms with Gasteiger partial charge < -0.3 is 9.64 Å². The van der Waals surface area contributed by atoms with Gasteiger partial charge in [0.15, 0.2) is 5.82 Å². The van der Waals surface area contributed by atoms with Crippen LogP contribution in [0.15, 0.2) is 41.7 Å². The van der Waals surface area contributed by atoms with E-state index < -0.39 is 18.2 Å². The Bertz CT molecular complexity index is 1270. The number of carbonyl (C=O) groups is 1. The summed E-state index contributed by atoms with van der Waals surface area (Å²) in [6.07, 6.45) is 1.64. The molecule has 0 spiro atoms. The molecule has 3 aromatic heterocycles. The molecule has 0 bridgehead atoms. The first-order valence-corrected chi connectivity index (χ1v) is 12.8. The van der Waals surface area contributed by atoms with Gasteiger partial charge in [0.25, 0.3) is 5.91 Å². The highest BCUT2D eigenvalue weighted by atomic mass is 32.2. The third-order valence-electron chi connectivity index (χ3n) is 6.92. The lowest BCUT2D eigenvalue weighted by molar-refractivity contribution is -0.194. The number of rotatable bonds is 8. The van der Waals surface area contributed by atoms with Gasteiger partial charge in [-0.15, -0.1) is 5.10 Å². The van der Waals surface area contributed by atoms with Crippen molar-refractivity contribution in [3.8, 4) is 11.7 Å². The molecule has 1 aliphatic heterocycles. The number of nitrogens with zero attached hydrogens (tertiary/aromatic N) is 5. The molecule has 2 aliphatic rings. The number of H-pyrrole nitrogens is 1. The molecule has 13 heteroatoms. The third kappa shape index (κ3) is 5.13. The summed E-state index contributed by atoms with van der Waals surface area (Å²) < 4.78 is 49.4. The highest BCUT2D eigenvalue weighted by Crippen LogP contribution is 2.57. The van der Waals surface area contributed by atoms with Gasteiger partial charge in [0, 0.05) is 30.5 Å². The molecule has 1 saturated heterocycles. The second-order valence-electron chi connectivity index (χ2n) is 10.4. The van der Waals surface area contributed by atoms with Crippen LogP contribution in [-0.2, 0) is 0 Å². The number of anilines is 1. The van der Waals surface area contributed by atoms with Crippen molar-refractivity contribution < 1.29 is 22.7 Å². The van der Waals surface area contributed by atoms with Crippen LogP contribution >= 0.6 is 11.9 Å². The van der Waals surface area contributed by atoms with Crippen LogP contribution in [0.5, 0.6) is 5.88 Å². The summed E-state index contributed by atoms with van der Waals surface area (Å²) in [4.78, 5) is 20.8. The molecule has 2 fully saturated rings. The fraction of sp³-hybridized carbons (Fsp3) is 0.500. The Morgan fingerprint density at radius 1 is 1.30 bits per heavy atom. The predicted octanol–water partition coefficient (Wildman–Crippen LogP) is 4.77. The third-order valence-corrected chi connectivity index (χ3v) is 7.67. The van der Waals surface area contributed by atoms with Gasteiger partial charge in [0.05, 0.1) is 16.7 Å². The van der Waals surface area contributed by atoms with Crippen LogP contribution in [0.4, 0.5) is 19.0 Å². The highest BCUT2D eigenvalue weighted by Gasteiger charge is 2.64. The summed E-state index contributed by atoms with van der Waals surface area (Å²) in [7, 11) is 0. The average molecular weight is 536 g/mol. The first-order chi connectivity index (χ1) is 17.5. The Kier molecular flexibility index (Phi) is 6.37. The normalized spacial score (nSPS) is 20.2. The highest BCUT2D eigenvalue weighted by molar-refractivity contribution is 7.98. The maximum Gasteiger partial charge on any atom is 0.397 e. The van der Waals surface area contributed by atoms with Crippen molar-refractivity contribution >= 4 is 23.7 Å². The topological polar surface area (TPSA) is 101 Å². The van der Waals surface area contributed by atoms with E-state index in [1.165, 1.54) is 10.7 Å². The van der Waals surface area contributed by atoms with Crippen LogP contribution < -0.4 is 14.4 Å². The molecule has 9 nitrogen and oxygen atoms in total. The van der Waals surface area contributed by atoms with Crippen molar-refractivity contribution in [3.05, 3.63) is 42.4 Å². The number of aromatic amines is 1. The van der Waals surface area contributed by atoms with Crippen molar-refractivity contribution in [2.75, 3.05) is 18.1 Å². The second-order valence-corrected chi connectivity index (χ2v) is 11.3. The molecule has 1 aliphatic carbocycles. The number of pyridine rings is 1. The minimum absolute atomic E-state index is 0.0641. The van der Waals surface area contributed by atoms with Crippen LogP contribution in [-0.4, -0.2) is 55.7 Å². The Hall–Kier alpha value is -3.22. The molecular weight excluding hydrogens is 507 g/mol. The number of hydrogen-bond donors (Lipinski definition) is 2. The zero-order valence-electron chi connectivity index (χ0n) is 20.7. The predicted molar refractivity (Wildman–Crippen MR) is 132 cm³/mol. The molecule has 1 atom stereocenters. The smallest absolute Gasteiger partial charge is 0.397 e. The molecule has 0 radical (unpaired) electrons. The van der Waals surface area contributed by atoms with E-state index in [4.69, 9.17) is 9.72 Å². The SMILES string of the molecule is CC1CN(c2nc(-n3ccc(OCC4(C(F)(F)F)CC4)n3)ccc2C(=O)NSc2cn[nH]c2)C(C)(C)C1. The molecule has 37 heavy (non-hydrogen) atoms. The first kappa shape index (κ1) is 25.4. The minimum Gasteiger partial charge on any atom is -0.476 e. The van der Waals surface area contributed by atoms with E-state index in [1.807, 2.05) is 0 Å². The first-order valence-electron chi connectivity index (χ1n) is 12.0. The van der Waals surface area contributed by atoms with E-state index in [0.29, 0.717) is 23.1 Å². The van der Waals surface area contributed by atoms with Crippen LogP contribution in [0.2, 0.25) is 0 Å². The van der Waals surface area contributed by atoms with Gasteiger partial charge in [0.2, 0.25) is 5.88 Å². The number of amides is 1. The molecular formula is C24H28F3N7O2S. The molecule has 5 rings (SSSR count). The van der Waals surface area contributed by atoms with Gasteiger partial charge in [-0.1, -0.05) is 6.92 Å². The average Bonchev–Trinajstić information content (AvgIpc) is 3.16. The number of nitrogens with one attached hydrogen (secondary N) is 2. The van der Waals surface area contributed by atoms with Gasteiger partial charge in [0.1, 0.15) is 17.8 Å². The number of alkyl halides is 3. The number of halogens is 3. The van der Waals surface area contributed by atoms with Crippen LogP contribution in [0, 0.1) is 11.3 Å². The van der Waals surface area contributed by atoms with Crippen LogP contribution in [0.1, 0.15) is 50.4 Å². The fourth-order valence-electron chi connectivity index (χ4n) is 4.75. The zero-order valence-corrected chi connectivity index (χ0v) is 21.5. The molecule has 2 N–H and O–H groups in total. The monoisotopic (exact) mass is 535 g/mol. The van der Waals surface area contributed by atoms with E-state index in [2.05, 4.69) is 45.7 Å². The van der Waals surface area contributed by atoms with E-state index in [9.17, 15) is 18.0 Å². The molecule has 1 unspecified atom stereocenters. The summed E-state index contributed by atoms with van der Waals surface area (Å²) in [6.45, 7) is 6.65. The van der Waals surface area contributed by atoms with Crippen molar-refractivity contribution in [1.82, 2.24) is 29.7 Å². The van der Waals surface area contributed by atoms with Crippen molar-refractivity contribution in [3.63, 3.8) is 0 Å². The molecule has 1 amide bonds. The summed E-state index contributed by atoms with van der Waals surface area (Å²) in [6, 6.07) is 4.85. The lowest BCUT2D eigenvalue weighted by Crippen LogP contribution is -2.40. The number of carbonyl (C=O) groups excluding carboxylic acids is 1. The molecule has 3 aromatic rings. The lowest BCUT2D eigenvalue weighted by atomic mass is 9.97. The maximum absolute atomic E-state index is 13.2. The second kappa shape index (κ2) is 9.26. The molecule has 198 valence electrons. The molecule has 0 aromatic carbocycles. The Labute approximate surface area is 216 Å². The van der Waals surface area contributed by atoms with Crippen LogP contribution in [0.25, 0.3) is 5.82 Å². The summed E-state index contributed by atoms with van der Waals surface area (Å²) >= 11 is 1.15. The molecule has 1 saturated carbocycles. The van der Waals surface area contributed by atoms with Gasteiger partial charge in [-0.3, -0.25) is 14.6 Å². The Balaban J connectivity index is 1.40. The fourth-order valence-corrected chi connectivity index (χ4v) is 5.29. The number of aromatic nitrogens is 5. The van der Waals surface area contributed by atoms with Gasteiger partial charge in [-0.2, -0.15) is 18.3 Å². The Morgan fingerprint density at radius 3 is 2.70 bits per heavy atom. The van der Waals surface area contributed by atoms with Crippen molar-refractivity contribution in [2.24, 2.45) is 11.3 Å². The largest absolute Gasteiger partial charge is 0.476 e. The van der Waals surface area contributed by atoms with E-state index in [-0.39, 0.29) is 30.2 Å². The summed E-state index contributed by atoms with van der Waals surface area (Å²) in [5.41, 5.74) is -1.60. The zero-order chi connectivity index (χ0) is 26.4. The molecule has 4 heterocycles. The van der Waals surface area contributed by atoms with Crippen molar-refractivity contribution in [1.29, 1.82) is 0 Å². The van der Waals surface area contributed by atoms with E-state index in [0.717, 1.165) is 29.8 Å².